The van der Waals surface area contributed by atoms with Crippen molar-refractivity contribution in [2.24, 2.45) is 0 Å². The molecule has 0 unspecified atom stereocenters. The van der Waals surface area contributed by atoms with Crippen molar-refractivity contribution in [3.8, 4) is 5.75 Å². The summed E-state index contributed by atoms with van der Waals surface area (Å²) in [5, 5.41) is 6.23. The van der Waals surface area contributed by atoms with Gasteiger partial charge >= 0.3 is 0 Å². The van der Waals surface area contributed by atoms with Gasteiger partial charge in [0.2, 0.25) is 5.91 Å². The Bertz CT molecular complexity index is 960. The lowest BCUT2D eigenvalue weighted by Gasteiger charge is -2.38. The van der Waals surface area contributed by atoms with Crippen LogP contribution in [-0.2, 0) is 4.79 Å². The van der Waals surface area contributed by atoms with Crippen molar-refractivity contribution in [3.05, 3.63) is 59.1 Å². The second-order valence-corrected chi connectivity index (χ2v) is 9.09. The fraction of sp³-hybridized carbons (Fsp3) is 0.440. The number of rotatable bonds is 7. The highest BCUT2D eigenvalue weighted by molar-refractivity contribution is 6.30. The molecule has 7 nitrogen and oxygen atoms in total. The van der Waals surface area contributed by atoms with Crippen molar-refractivity contribution in [1.29, 1.82) is 0 Å². The first-order valence-electron chi connectivity index (χ1n) is 11.5. The van der Waals surface area contributed by atoms with Crippen LogP contribution >= 0.6 is 11.6 Å². The molecule has 4 rings (SSSR count). The van der Waals surface area contributed by atoms with Crippen LogP contribution in [0, 0.1) is 0 Å². The van der Waals surface area contributed by atoms with Crippen LogP contribution in [0.15, 0.2) is 48.5 Å². The molecule has 0 spiro atoms. The van der Waals surface area contributed by atoms with E-state index in [1.165, 1.54) is 5.69 Å². The monoisotopic (exact) mass is 470 g/mol. The number of methoxy groups -OCH3 is 1. The van der Waals surface area contributed by atoms with E-state index in [0.29, 0.717) is 16.6 Å². The van der Waals surface area contributed by atoms with Gasteiger partial charge in [-0.1, -0.05) is 17.7 Å². The highest BCUT2D eigenvalue weighted by Gasteiger charge is 2.31. The number of hydrogen-bond donors (Lipinski definition) is 2. The molecule has 8 heteroatoms. The van der Waals surface area contributed by atoms with Crippen LogP contribution in [0.25, 0.3) is 0 Å². The average Bonchev–Trinajstić information content (AvgIpc) is 3.31. The predicted molar refractivity (Wildman–Crippen MR) is 130 cm³/mol. The summed E-state index contributed by atoms with van der Waals surface area (Å²) in [5.41, 5.74) is 1.68. The summed E-state index contributed by atoms with van der Waals surface area (Å²) in [6.45, 7) is 3.87. The van der Waals surface area contributed by atoms with Gasteiger partial charge in [-0.3, -0.25) is 14.5 Å². The van der Waals surface area contributed by atoms with Crippen LogP contribution in [-0.4, -0.2) is 68.6 Å². The molecule has 176 valence electrons. The summed E-state index contributed by atoms with van der Waals surface area (Å²) in [6.07, 6.45) is 3.16. The van der Waals surface area contributed by atoms with Crippen molar-refractivity contribution in [1.82, 2.24) is 15.5 Å². The predicted octanol–water partition coefficient (Wildman–Crippen LogP) is 2.94. The van der Waals surface area contributed by atoms with Gasteiger partial charge in [-0.15, -0.1) is 0 Å². The van der Waals surface area contributed by atoms with E-state index in [1.54, 1.807) is 31.4 Å². The molecule has 2 N–H and O–H groups in total. The third-order valence-electron chi connectivity index (χ3n) is 6.50. The number of ether oxygens (including phenoxy) is 1. The van der Waals surface area contributed by atoms with Crippen LogP contribution < -0.4 is 20.3 Å². The average molecular weight is 471 g/mol. The van der Waals surface area contributed by atoms with E-state index >= 15 is 0 Å². The molecule has 0 aromatic heterocycles. The molecule has 0 aliphatic carbocycles. The summed E-state index contributed by atoms with van der Waals surface area (Å²) in [4.78, 5) is 29.5. The maximum absolute atomic E-state index is 12.3. The van der Waals surface area contributed by atoms with Gasteiger partial charge in [0.25, 0.3) is 5.91 Å². The maximum Gasteiger partial charge on any atom is 0.251 e. The molecule has 33 heavy (non-hydrogen) atoms. The Morgan fingerprint density at radius 3 is 2.52 bits per heavy atom. The maximum atomic E-state index is 12.3. The summed E-state index contributed by atoms with van der Waals surface area (Å²) in [5.74, 6) is 0.415. The van der Waals surface area contributed by atoms with Crippen molar-refractivity contribution in [2.75, 3.05) is 44.7 Å². The summed E-state index contributed by atoms with van der Waals surface area (Å²) < 4.78 is 5.25. The Labute approximate surface area is 200 Å². The van der Waals surface area contributed by atoms with Gasteiger partial charge in [-0.25, -0.2) is 0 Å². The van der Waals surface area contributed by atoms with Crippen molar-refractivity contribution in [3.63, 3.8) is 0 Å². The Morgan fingerprint density at radius 1 is 1.06 bits per heavy atom. The van der Waals surface area contributed by atoms with E-state index in [1.807, 2.05) is 12.1 Å². The number of nitrogens with zero attached hydrogens (tertiary/aromatic N) is 2. The first-order valence-corrected chi connectivity index (χ1v) is 11.9. The molecule has 2 aromatic rings. The molecule has 2 amide bonds. The number of halogens is 1. The van der Waals surface area contributed by atoms with Gasteiger partial charge in [0.05, 0.1) is 13.7 Å². The van der Waals surface area contributed by atoms with E-state index in [-0.39, 0.29) is 24.4 Å². The molecule has 0 radical (unpaired) electrons. The minimum Gasteiger partial charge on any atom is -0.497 e. The molecule has 2 fully saturated rings. The molecular weight excluding hydrogens is 440 g/mol. The van der Waals surface area contributed by atoms with Gasteiger partial charge in [0.1, 0.15) is 5.75 Å². The SMILES string of the molecule is COc1ccc(N2CCC(N3CC[C@@H](NC(=O)CNC(=O)c4cccc(Cl)c4)C3)CC2)cc1. The largest absolute Gasteiger partial charge is 0.497 e. The smallest absolute Gasteiger partial charge is 0.251 e. The van der Waals surface area contributed by atoms with E-state index in [9.17, 15) is 9.59 Å². The zero-order valence-electron chi connectivity index (χ0n) is 18.9. The van der Waals surface area contributed by atoms with Gasteiger partial charge in [-0.05, 0) is 61.7 Å². The number of carbonyl (C=O) groups is 2. The van der Waals surface area contributed by atoms with Crippen molar-refractivity contribution < 1.29 is 14.3 Å². The van der Waals surface area contributed by atoms with Crippen LogP contribution in [0.5, 0.6) is 5.75 Å². The minimum absolute atomic E-state index is 0.0396. The lowest BCUT2D eigenvalue weighted by Crippen LogP contribution is -2.46. The van der Waals surface area contributed by atoms with E-state index < -0.39 is 0 Å². The van der Waals surface area contributed by atoms with Gasteiger partial charge < -0.3 is 20.3 Å². The Hall–Kier alpha value is -2.77. The molecule has 1 atom stereocenters. The highest BCUT2D eigenvalue weighted by Crippen LogP contribution is 2.26. The number of amides is 2. The van der Waals surface area contributed by atoms with Crippen LogP contribution in [0.2, 0.25) is 5.02 Å². The lowest BCUT2D eigenvalue weighted by molar-refractivity contribution is -0.120. The summed E-state index contributed by atoms with van der Waals surface area (Å²) in [7, 11) is 1.68. The van der Waals surface area contributed by atoms with Crippen LogP contribution in [0.1, 0.15) is 29.6 Å². The van der Waals surface area contributed by atoms with Crippen LogP contribution in [0.4, 0.5) is 5.69 Å². The molecule has 2 saturated heterocycles. The number of benzene rings is 2. The van der Waals surface area contributed by atoms with E-state index in [4.69, 9.17) is 16.3 Å². The Morgan fingerprint density at radius 2 is 1.82 bits per heavy atom. The Balaban J connectivity index is 1.18. The normalized spacial score (nSPS) is 19.3. The topological polar surface area (TPSA) is 73.9 Å². The van der Waals surface area contributed by atoms with Gasteiger partial charge in [0.15, 0.2) is 0 Å². The lowest BCUT2D eigenvalue weighted by atomic mass is 10.0. The first kappa shape index (κ1) is 23.4. The van der Waals surface area contributed by atoms with Gasteiger partial charge in [-0.2, -0.15) is 0 Å². The zero-order valence-corrected chi connectivity index (χ0v) is 19.7. The summed E-state index contributed by atoms with van der Waals surface area (Å²) >= 11 is 5.92. The molecule has 2 aliphatic heterocycles. The molecule has 2 aliphatic rings. The number of anilines is 1. The number of nitrogens with one attached hydrogen (secondary N) is 2. The summed E-state index contributed by atoms with van der Waals surface area (Å²) in [6, 6.07) is 15.6. The van der Waals surface area contributed by atoms with Crippen LogP contribution in [0.3, 0.4) is 0 Å². The minimum atomic E-state index is -0.302. The highest BCUT2D eigenvalue weighted by atomic mass is 35.5. The number of likely N-dealkylation sites (tertiary alicyclic amines) is 1. The number of carbonyl (C=O) groups excluding carboxylic acids is 2. The number of piperidine rings is 1. The first-order chi connectivity index (χ1) is 16.0. The van der Waals surface area contributed by atoms with Crippen molar-refractivity contribution in [2.45, 2.75) is 31.3 Å². The standard InChI is InChI=1S/C25H31ClN4O3/c1-33-23-7-5-21(6-8-23)29-13-10-22(11-14-29)30-12-9-20(17-30)28-24(31)16-27-25(32)18-3-2-4-19(26)15-18/h2-8,15,20,22H,9-14,16-17H2,1H3,(H,27,32)(H,28,31)/t20-/m1/s1. The Kier molecular flexibility index (Phi) is 7.73. The fourth-order valence-corrected chi connectivity index (χ4v) is 4.88. The molecular formula is C25H31ClN4O3. The molecule has 0 saturated carbocycles. The molecule has 2 heterocycles. The second kappa shape index (κ2) is 10.9. The zero-order chi connectivity index (χ0) is 23.2. The molecule has 0 bridgehead atoms. The third-order valence-corrected chi connectivity index (χ3v) is 6.73. The fourth-order valence-electron chi connectivity index (χ4n) is 4.69. The third kappa shape index (κ3) is 6.18. The van der Waals surface area contributed by atoms with Crippen molar-refractivity contribution >= 4 is 29.1 Å². The van der Waals surface area contributed by atoms with E-state index in [2.05, 4.69) is 32.6 Å². The van der Waals surface area contributed by atoms with E-state index in [0.717, 1.165) is 51.2 Å². The quantitative estimate of drug-likeness (QED) is 0.651. The second-order valence-electron chi connectivity index (χ2n) is 8.66. The molecule has 2 aromatic carbocycles. The number of hydrogen-bond acceptors (Lipinski definition) is 5. The van der Waals surface area contributed by atoms with Gasteiger partial charge in [0, 0.05) is 54.5 Å².